The summed E-state index contributed by atoms with van der Waals surface area (Å²) in [6.45, 7) is 10.9. The molecule has 0 spiro atoms. The van der Waals surface area contributed by atoms with Gasteiger partial charge in [-0.05, 0) is 37.9 Å². The predicted molar refractivity (Wildman–Crippen MR) is 97.5 cm³/mol. The monoisotopic (exact) mass is 336 g/mol. The van der Waals surface area contributed by atoms with Crippen molar-refractivity contribution in [1.29, 1.82) is 0 Å². The van der Waals surface area contributed by atoms with Crippen molar-refractivity contribution in [2.24, 2.45) is 10.9 Å². The Kier molecular flexibility index (Phi) is 16.7. The van der Waals surface area contributed by atoms with Gasteiger partial charge in [0.1, 0.15) is 0 Å². The van der Waals surface area contributed by atoms with E-state index in [-0.39, 0.29) is 0 Å². The van der Waals surface area contributed by atoms with E-state index in [9.17, 15) is 0 Å². The normalized spacial score (nSPS) is 12.3. The molecule has 0 aliphatic heterocycles. The van der Waals surface area contributed by atoms with Crippen molar-refractivity contribution in [3.63, 3.8) is 0 Å². The summed E-state index contributed by atoms with van der Waals surface area (Å²) in [5.74, 6) is 1.57. The standard InChI is InChI=1S/C12H27NO3Si.C3H7S/c1-11(2)10-12(3)13-8-7-9-17(14-4,15-5)16-6;1-2-3-4/h11H,7-10H2,1-6H3;4H,1-3H2. The van der Waals surface area contributed by atoms with Crippen LogP contribution in [0.15, 0.2) is 4.99 Å². The predicted octanol–water partition coefficient (Wildman–Crippen LogP) is 3.90. The van der Waals surface area contributed by atoms with Crippen LogP contribution in [0, 0.1) is 12.8 Å². The third kappa shape index (κ3) is 13.5. The minimum Gasteiger partial charge on any atom is -0.377 e. The van der Waals surface area contributed by atoms with Gasteiger partial charge in [-0.1, -0.05) is 20.8 Å². The molecule has 6 heteroatoms. The first-order valence-corrected chi connectivity index (χ1v) is 10.0. The van der Waals surface area contributed by atoms with Crippen molar-refractivity contribution in [3.8, 4) is 0 Å². The van der Waals surface area contributed by atoms with Crippen LogP contribution in [0.1, 0.15) is 40.0 Å². The van der Waals surface area contributed by atoms with E-state index in [2.05, 4.69) is 45.3 Å². The zero-order chi connectivity index (χ0) is 16.7. The molecule has 21 heavy (non-hydrogen) atoms. The van der Waals surface area contributed by atoms with Gasteiger partial charge in [-0.2, -0.15) is 12.6 Å². The summed E-state index contributed by atoms with van der Waals surface area (Å²) >= 11 is 3.86. The number of hydrogen-bond donors (Lipinski definition) is 1. The van der Waals surface area contributed by atoms with Crippen LogP contribution in [-0.2, 0) is 13.3 Å². The Bertz CT molecular complexity index is 249. The highest BCUT2D eigenvalue weighted by Gasteiger charge is 2.36. The summed E-state index contributed by atoms with van der Waals surface area (Å²) in [5, 5.41) is 0. The molecule has 0 rings (SSSR count). The maximum absolute atomic E-state index is 5.35. The fraction of sp³-hybridized carbons (Fsp3) is 0.867. The van der Waals surface area contributed by atoms with Gasteiger partial charge < -0.3 is 13.3 Å². The lowest BCUT2D eigenvalue weighted by atomic mass is 10.1. The maximum atomic E-state index is 5.35. The van der Waals surface area contributed by atoms with Gasteiger partial charge in [0.25, 0.3) is 0 Å². The van der Waals surface area contributed by atoms with E-state index in [0.717, 1.165) is 37.6 Å². The summed E-state index contributed by atoms with van der Waals surface area (Å²) < 4.78 is 16.1. The van der Waals surface area contributed by atoms with E-state index in [1.807, 2.05) is 0 Å². The smallest absolute Gasteiger partial charge is 0.377 e. The van der Waals surface area contributed by atoms with Crippen molar-refractivity contribution < 1.29 is 13.3 Å². The van der Waals surface area contributed by atoms with E-state index in [4.69, 9.17) is 13.3 Å². The number of nitrogens with zero attached hydrogens (tertiary/aromatic N) is 1. The van der Waals surface area contributed by atoms with Crippen LogP contribution in [-0.4, -0.2) is 48.1 Å². The molecule has 0 aromatic heterocycles. The Morgan fingerprint density at radius 3 is 2.00 bits per heavy atom. The van der Waals surface area contributed by atoms with Gasteiger partial charge in [0.05, 0.1) is 0 Å². The van der Waals surface area contributed by atoms with E-state index < -0.39 is 8.80 Å². The van der Waals surface area contributed by atoms with Gasteiger partial charge in [0.2, 0.25) is 0 Å². The van der Waals surface area contributed by atoms with E-state index >= 15 is 0 Å². The zero-order valence-electron chi connectivity index (χ0n) is 14.6. The van der Waals surface area contributed by atoms with Gasteiger partial charge in [0, 0.05) is 39.6 Å². The molecule has 0 atom stereocenters. The van der Waals surface area contributed by atoms with E-state index in [1.165, 1.54) is 5.71 Å². The van der Waals surface area contributed by atoms with Gasteiger partial charge in [-0.15, -0.1) is 0 Å². The summed E-state index contributed by atoms with van der Waals surface area (Å²) in [6, 6.07) is 0.814. The SMILES string of the molecule is CO[Si](CCCN=C(C)CC(C)C)(OC)OC.[CH2]CCS. The molecule has 0 bridgehead atoms. The molecule has 0 saturated heterocycles. The van der Waals surface area contributed by atoms with Crippen LogP contribution in [0.2, 0.25) is 6.04 Å². The number of rotatable bonds is 10. The van der Waals surface area contributed by atoms with Crippen molar-refractivity contribution >= 4 is 27.1 Å². The molecule has 4 nitrogen and oxygen atoms in total. The Labute approximate surface area is 138 Å². The molecule has 0 aromatic carbocycles. The van der Waals surface area contributed by atoms with Crippen LogP contribution in [0.5, 0.6) is 0 Å². The molecule has 0 N–H and O–H groups in total. The molecule has 0 unspecified atom stereocenters. The molecule has 0 heterocycles. The highest BCUT2D eigenvalue weighted by molar-refractivity contribution is 7.80. The molecule has 0 aliphatic carbocycles. The van der Waals surface area contributed by atoms with Crippen molar-refractivity contribution in [2.75, 3.05) is 33.6 Å². The minimum atomic E-state index is -2.39. The number of aliphatic imine (C=N–C) groups is 1. The van der Waals surface area contributed by atoms with Gasteiger partial charge in [-0.3, -0.25) is 4.99 Å². The van der Waals surface area contributed by atoms with Crippen LogP contribution >= 0.6 is 12.6 Å². The molecule has 127 valence electrons. The molecule has 0 saturated carbocycles. The quantitative estimate of drug-likeness (QED) is 0.285. The van der Waals surface area contributed by atoms with Crippen molar-refractivity contribution in [1.82, 2.24) is 0 Å². The lowest BCUT2D eigenvalue weighted by molar-refractivity contribution is 0.123. The summed E-state index contributed by atoms with van der Waals surface area (Å²) in [6.07, 6.45) is 2.95. The number of hydrogen-bond acceptors (Lipinski definition) is 5. The molecular formula is C15H34NO3SSi. The van der Waals surface area contributed by atoms with E-state index in [1.54, 1.807) is 21.3 Å². The third-order valence-corrected chi connectivity index (χ3v) is 5.97. The average molecular weight is 337 g/mol. The second-order valence-electron chi connectivity index (χ2n) is 5.19. The molecule has 0 fully saturated rings. The molecule has 1 radical (unpaired) electrons. The summed E-state index contributed by atoms with van der Waals surface area (Å²) in [4.78, 5) is 4.54. The molecule has 0 amide bonds. The first kappa shape index (κ1) is 23.4. The van der Waals surface area contributed by atoms with Crippen LogP contribution in [0.25, 0.3) is 0 Å². The first-order valence-electron chi connectivity index (χ1n) is 7.46. The average Bonchev–Trinajstić information content (AvgIpc) is 2.48. The van der Waals surface area contributed by atoms with Crippen molar-refractivity contribution in [3.05, 3.63) is 6.92 Å². The summed E-state index contributed by atoms with van der Waals surface area (Å²) in [7, 11) is 2.55. The van der Waals surface area contributed by atoms with Gasteiger partial charge in [-0.25, -0.2) is 0 Å². The highest BCUT2D eigenvalue weighted by Crippen LogP contribution is 2.15. The Balaban J connectivity index is 0. The summed E-state index contributed by atoms with van der Waals surface area (Å²) in [5.41, 5.74) is 1.22. The van der Waals surface area contributed by atoms with Crippen LogP contribution in [0.3, 0.4) is 0 Å². The maximum Gasteiger partial charge on any atom is 0.500 e. The fourth-order valence-electron chi connectivity index (χ4n) is 1.78. The second kappa shape index (κ2) is 15.0. The molecular weight excluding hydrogens is 302 g/mol. The number of thiol groups is 1. The Hall–Kier alpha value is 0.117. The largest absolute Gasteiger partial charge is 0.500 e. The van der Waals surface area contributed by atoms with E-state index in [0.29, 0.717) is 5.92 Å². The highest BCUT2D eigenvalue weighted by atomic mass is 32.1. The second-order valence-corrected chi connectivity index (χ2v) is 8.73. The van der Waals surface area contributed by atoms with Crippen molar-refractivity contribution in [2.45, 2.75) is 46.1 Å². The first-order chi connectivity index (χ1) is 9.91. The topological polar surface area (TPSA) is 40.0 Å². The lowest BCUT2D eigenvalue weighted by Crippen LogP contribution is -2.42. The Morgan fingerprint density at radius 1 is 1.19 bits per heavy atom. The van der Waals surface area contributed by atoms with Gasteiger partial charge in [0.15, 0.2) is 0 Å². The molecule has 0 aliphatic rings. The third-order valence-electron chi connectivity index (χ3n) is 2.82. The lowest BCUT2D eigenvalue weighted by Gasteiger charge is -2.23. The zero-order valence-corrected chi connectivity index (χ0v) is 16.5. The fourth-order valence-corrected chi connectivity index (χ4v) is 3.48. The van der Waals surface area contributed by atoms with Crippen LogP contribution in [0.4, 0.5) is 0 Å². The Morgan fingerprint density at radius 2 is 1.67 bits per heavy atom. The minimum absolute atomic E-state index is 0.671. The van der Waals surface area contributed by atoms with Crippen LogP contribution < -0.4 is 0 Å². The van der Waals surface area contributed by atoms with Gasteiger partial charge >= 0.3 is 8.80 Å². The molecule has 0 aromatic rings.